The number of rotatable bonds is 2. The molecule has 0 bridgehead atoms. The maximum absolute atomic E-state index is 14.1. The fraction of sp³-hybridized carbons (Fsp3) is 0.533. The molecule has 1 aliphatic heterocycles. The first-order valence-corrected chi connectivity index (χ1v) is 7.46. The van der Waals surface area contributed by atoms with Gasteiger partial charge in [0.05, 0.1) is 5.92 Å². The minimum absolute atomic E-state index is 0.182. The second kappa shape index (κ2) is 5.82. The zero-order valence-corrected chi connectivity index (χ0v) is 13.5. The van der Waals surface area contributed by atoms with Gasteiger partial charge in [-0.1, -0.05) is 22.0 Å². The number of nitrogens with one attached hydrogen (secondary N) is 1. The minimum Gasteiger partial charge on any atom is -0.460 e. The van der Waals surface area contributed by atoms with Crippen LogP contribution in [0.25, 0.3) is 0 Å². The molecule has 0 radical (unpaired) electrons. The average Bonchev–Trinajstić information content (AvgIpc) is 2.75. The van der Waals surface area contributed by atoms with E-state index in [1.807, 2.05) is 20.8 Å². The predicted molar refractivity (Wildman–Crippen MR) is 79.0 cm³/mol. The number of halogens is 2. The molecule has 1 saturated heterocycles. The number of esters is 1. The molecule has 0 aromatic heterocycles. The Bertz CT molecular complexity index is 513. The van der Waals surface area contributed by atoms with Gasteiger partial charge in [0, 0.05) is 23.5 Å². The van der Waals surface area contributed by atoms with Crippen molar-refractivity contribution in [1.29, 1.82) is 0 Å². The molecule has 0 spiro atoms. The van der Waals surface area contributed by atoms with Gasteiger partial charge in [-0.25, -0.2) is 4.39 Å². The van der Waals surface area contributed by atoms with Crippen molar-refractivity contribution in [3.05, 3.63) is 34.1 Å². The van der Waals surface area contributed by atoms with Crippen LogP contribution in [0, 0.1) is 11.7 Å². The van der Waals surface area contributed by atoms with Gasteiger partial charge in [-0.15, -0.1) is 0 Å². The standard InChI is InChI=1S/C15H19BrFNO2/c1-15(2,3)20-14(19)12-8-18-7-11(12)10-5-4-9(16)6-13(10)17/h4-6,11-12,18H,7-8H2,1-3H3. The van der Waals surface area contributed by atoms with E-state index in [0.717, 1.165) is 0 Å². The predicted octanol–water partition coefficient (Wildman–Crippen LogP) is 3.23. The van der Waals surface area contributed by atoms with Crippen molar-refractivity contribution in [2.45, 2.75) is 32.3 Å². The topological polar surface area (TPSA) is 38.3 Å². The lowest BCUT2D eigenvalue weighted by molar-refractivity contribution is -0.159. The van der Waals surface area contributed by atoms with Gasteiger partial charge in [0.25, 0.3) is 0 Å². The molecule has 20 heavy (non-hydrogen) atoms. The Morgan fingerprint density at radius 3 is 2.70 bits per heavy atom. The zero-order chi connectivity index (χ0) is 14.9. The number of carbonyl (C=O) groups is 1. The second-order valence-electron chi connectivity index (χ2n) is 6.07. The van der Waals surface area contributed by atoms with Crippen LogP contribution in [-0.4, -0.2) is 24.7 Å². The van der Waals surface area contributed by atoms with Crippen molar-refractivity contribution in [1.82, 2.24) is 5.32 Å². The summed E-state index contributed by atoms with van der Waals surface area (Å²) in [4.78, 5) is 12.2. The summed E-state index contributed by atoms with van der Waals surface area (Å²) in [5, 5.41) is 3.15. The minimum atomic E-state index is -0.525. The number of hydrogen-bond acceptors (Lipinski definition) is 3. The summed E-state index contributed by atoms with van der Waals surface area (Å²) in [5.41, 5.74) is 0.0386. The molecular weight excluding hydrogens is 325 g/mol. The molecule has 1 N–H and O–H groups in total. The van der Waals surface area contributed by atoms with E-state index in [2.05, 4.69) is 21.2 Å². The smallest absolute Gasteiger partial charge is 0.311 e. The number of carbonyl (C=O) groups excluding carboxylic acids is 1. The van der Waals surface area contributed by atoms with Gasteiger partial charge in [0.1, 0.15) is 11.4 Å². The fourth-order valence-corrected chi connectivity index (χ4v) is 2.77. The molecule has 0 amide bonds. The first-order valence-electron chi connectivity index (χ1n) is 6.66. The van der Waals surface area contributed by atoms with Crippen LogP contribution in [-0.2, 0) is 9.53 Å². The van der Waals surface area contributed by atoms with Gasteiger partial charge >= 0.3 is 5.97 Å². The number of ether oxygens (including phenoxy) is 1. The molecule has 0 saturated carbocycles. The van der Waals surface area contributed by atoms with Crippen molar-refractivity contribution < 1.29 is 13.9 Å². The van der Waals surface area contributed by atoms with Crippen LogP contribution in [0.1, 0.15) is 32.3 Å². The van der Waals surface area contributed by atoms with E-state index in [1.165, 1.54) is 6.07 Å². The Morgan fingerprint density at radius 1 is 1.40 bits per heavy atom. The lowest BCUT2D eigenvalue weighted by Crippen LogP contribution is -2.32. The molecule has 110 valence electrons. The molecule has 1 aliphatic rings. The highest BCUT2D eigenvalue weighted by atomic mass is 79.9. The highest BCUT2D eigenvalue weighted by Gasteiger charge is 2.37. The molecule has 3 nitrogen and oxygen atoms in total. The third kappa shape index (κ3) is 3.58. The number of hydrogen-bond donors (Lipinski definition) is 1. The van der Waals surface area contributed by atoms with Gasteiger partial charge < -0.3 is 10.1 Å². The molecular formula is C15H19BrFNO2. The van der Waals surface area contributed by atoms with Crippen molar-refractivity contribution in [2.75, 3.05) is 13.1 Å². The maximum Gasteiger partial charge on any atom is 0.311 e. The van der Waals surface area contributed by atoms with E-state index in [-0.39, 0.29) is 23.6 Å². The molecule has 1 aromatic rings. The maximum atomic E-state index is 14.1. The molecule has 2 atom stereocenters. The molecule has 1 fully saturated rings. The summed E-state index contributed by atoms with van der Waals surface area (Å²) in [7, 11) is 0. The van der Waals surface area contributed by atoms with Crippen molar-refractivity contribution >= 4 is 21.9 Å². The van der Waals surface area contributed by atoms with E-state index in [9.17, 15) is 9.18 Å². The van der Waals surface area contributed by atoms with E-state index in [0.29, 0.717) is 23.1 Å². The van der Waals surface area contributed by atoms with Crippen LogP contribution in [0.15, 0.2) is 22.7 Å². The Kier molecular flexibility index (Phi) is 4.49. The van der Waals surface area contributed by atoms with E-state index in [4.69, 9.17) is 4.74 Å². The van der Waals surface area contributed by atoms with E-state index < -0.39 is 5.60 Å². The lowest BCUT2D eigenvalue weighted by Gasteiger charge is -2.24. The SMILES string of the molecule is CC(C)(C)OC(=O)C1CNCC1c1ccc(Br)cc1F. The van der Waals surface area contributed by atoms with Gasteiger partial charge in [0.15, 0.2) is 0 Å². The van der Waals surface area contributed by atoms with E-state index >= 15 is 0 Å². The fourth-order valence-electron chi connectivity index (χ4n) is 2.43. The molecule has 0 aliphatic carbocycles. The van der Waals surface area contributed by atoms with Crippen LogP contribution in [0.3, 0.4) is 0 Å². The number of benzene rings is 1. The molecule has 2 rings (SSSR count). The normalized spacial score (nSPS) is 22.9. The highest BCUT2D eigenvalue weighted by molar-refractivity contribution is 9.10. The van der Waals surface area contributed by atoms with Crippen molar-refractivity contribution in [3.8, 4) is 0 Å². The van der Waals surface area contributed by atoms with Crippen LogP contribution < -0.4 is 5.32 Å². The Labute approximate surface area is 127 Å². The quantitative estimate of drug-likeness (QED) is 0.837. The highest BCUT2D eigenvalue weighted by Crippen LogP contribution is 2.32. The Hall–Kier alpha value is -0.940. The monoisotopic (exact) mass is 343 g/mol. The average molecular weight is 344 g/mol. The first-order chi connectivity index (χ1) is 9.28. The van der Waals surface area contributed by atoms with Crippen LogP contribution in [0.5, 0.6) is 0 Å². The van der Waals surface area contributed by atoms with Gasteiger partial charge in [0.2, 0.25) is 0 Å². The molecule has 5 heteroatoms. The summed E-state index contributed by atoms with van der Waals surface area (Å²) < 4.78 is 20.2. The van der Waals surface area contributed by atoms with E-state index in [1.54, 1.807) is 12.1 Å². The summed E-state index contributed by atoms with van der Waals surface area (Å²) in [5.74, 6) is -1.08. The van der Waals surface area contributed by atoms with Crippen LogP contribution >= 0.6 is 15.9 Å². The van der Waals surface area contributed by atoms with Crippen LogP contribution in [0.2, 0.25) is 0 Å². The molecule has 1 aromatic carbocycles. The third-order valence-corrected chi connectivity index (χ3v) is 3.78. The Balaban J connectivity index is 2.21. The van der Waals surface area contributed by atoms with Gasteiger partial charge in [-0.3, -0.25) is 4.79 Å². The van der Waals surface area contributed by atoms with Gasteiger partial charge in [-0.05, 0) is 38.5 Å². The summed E-state index contributed by atoms with van der Waals surface area (Å²) in [6, 6.07) is 4.96. The Morgan fingerprint density at radius 2 is 2.10 bits per heavy atom. The first kappa shape index (κ1) is 15.4. The summed E-state index contributed by atoms with van der Waals surface area (Å²) in [6.07, 6.45) is 0. The zero-order valence-electron chi connectivity index (χ0n) is 11.9. The molecule has 2 unspecified atom stereocenters. The van der Waals surface area contributed by atoms with Gasteiger partial charge in [-0.2, -0.15) is 0 Å². The summed E-state index contributed by atoms with van der Waals surface area (Å²) >= 11 is 3.24. The van der Waals surface area contributed by atoms with Crippen molar-refractivity contribution in [3.63, 3.8) is 0 Å². The molecule has 1 heterocycles. The van der Waals surface area contributed by atoms with Crippen molar-refractivity contribution in [2.24, 2.45) is 5.92 Å². The lowest BCUT2D eigenvalue weighted by atomic mass is 9.88. The summed E-state index contributed by atoms with van der Waals surface area (Å²) in [6.45, 7) is 6.62. The van der Waals surface area contributed by atoms with Crippen LogP contribution in [0.4, 0.5) is 4.39 Å². The third-order valence-electron chi connectivity index (χ3n) is 3.29. The second-order valence-corrected chi connectivity index (χ2v) is 6.99. The largest absolute Gasteiger partial charge is 0.460 e.